The molecule has 25 heavy (non-hydrogen) atoms. The molecule has 5 nitrogen and oxygen atoms in total. The van der Waals surface area contributed by atoms with Gasteiger partial charge in [0.15, 0.2) is 0 Å². The van der Waals surface area contributed by atoms with Gasteiger partial charge in [-0.15, -0.1) is 0 Å². The molecule has 1 aliphatic rings. The van der Waals surface area contributed by atoms with Gasteiger partial charge in [0.2, 0.25) is 0 Å². The average Bonchev–Trinajstić information content (AvgIpc) is 2.64. The molecule has 1 N–H and O–H groups in total. The highest BCUT2D eigenvalue weighted by Gasteiger charge is 2.18. The summed E-state index contributed by atoms with van der Waals surface area (Å²) in [5.74, 6) is -0.167. The van der Waals surface area contributed by atoms with E-state index in [2.05, 4.69) is 27.9 Å². The Hall–Kier alpha value is -1.93. The maximum absolute atomic E-state index is 12.4. The number of halogens is 1. The first-order valence-corrected chi connectivity index (χ1v) is 9.17. The number of nitrogens with zero attached hydrogens (tertiary/aromatic N) is 1. The van der Waals surface area contributed by atoms with Crippen molar-refractivity contribution in [2.45, 2.75) is 6.92 Å². The molecular formula is C19H19IN2O3. The number of hydrogen-bond donors (Lipinski definition) is 1. The van der Waals surface area contributed by atoms with E-state index in [-0.39, 0.29) is 11.8 Å². The van der Waals surface area contributed by atoms with E-state index < -0.39 is 0 Å². The van der Waals surface area contributed by atoms with E-state index in [4.69, 9.17) is 4.74 Å². The Morgan fingerprint density at radius 1 is 1.04 bits per heavy atom. The van der Waals surface area contributed by atoms with Gasteiger partial charge >= 0.3 is 0 Å². The van der Waals surface area contributed by atoms with Crippen LogP contribution in [-0.2, 0) is 4.74 Å². The van der Waals surface area contributed by atoms with Gasteiger partial charge in [0.05, 0.1) is 13.2 Å². The van der Waals surface area contributed by atoms with Crippen molar-refractivity contribution >= 4 is 40.1 Å². The molecule has 2 aromatic carbocycles. The summed E-state index contributed by atoms with van der Waals surface area (Å²) in [5, 5.41) is 2.86. The number of carbonyl (C=O) groups excluding carboxylic acids is 2. The number of ether oxygens (including phenoxy) is 1. The van der Waals surface area contributed by atoms with Gasteiger partial charge < -0.3 is 15.0 Å². The number of amides is 2. The van der Waals surface area contributed by atoms with Crippen molar-refractivity contribution < 1.29 is 14.3 Å². The van der Waals surface area contributed by atoms with Crippen molar-refractivity contribution in [2.75, 3.05) is 31.6 Å². The van der Waals surface area contributed by atoms with Gasteiger partial charge in [0.1, 0.15) is 0 Å². The van der Waals surface area contributed by atoms with Gasteiger partial charge in [-0.3, -0.25) is 9.59 Å². The minimum absolute atomic E-state index is 0.00531. The molecule has 130 valence electrons. The summed E-state index contributed by atoms with van der Waals surface area (Å²) in [6.45, 7) is 4.39. The first kappa shape index (κ1) is 17.9. The van der Waals surface area contributed by atoms with E-state index in [1.807, 2.05) is 25.1 Å². The van der Waals surface area contributed by atoms with Crippen LogP contribution >= 0.6 is 22.6 Å². The highest BCUT2D eigenvalue weighted by molar-refractivity contribution is 14.1. The smallest absolute Gasteiger partial charge is 0.255 e. The van der Waals surface area contributed by atoms with Crippen molar-refractivity contribution in [3.63, 3.8) is 0 Å². The fourth-order valence-corrected chi connectivity index (χ4v) is 3.10. The number of benzene rings is 2. The molecule has 1 fully saturated rings. The Labute approximate surface area is 160 Å². The van der Waals surface area contributed by atoms with Gasteiger partial charge in [-0.25, -0.2) is 0 Å². The van der Waals surface area contributed by atoms with Gasteiger partial charge in [-0.05, 0) is 71.5 Å². The second kappa shape index (κ2) is 7.97. The van der Waals surface area contributed by atoms with Crippen LogP contribution in [0.15, 0.2) is 42.5 Å². The molecule has 2 aromatic rings. The minimum atomic E-state index is -0.162. The van der Waals surface area contributed by atoms with Crippen LogP contribution < -0.4 is 5.32 Å². The molecular weight excluding hydrogens is 431 g/mol. The predicted molar refractivity (Wildman–Crippen MR) is 105 cm³/mol. The largest absolute Gasteiger partial charge is 0.378 e. The van der Waals surface area contributed by atoms with Crippen LogP contribution in [0.3, 0.4) is 0 Å². The molecule has 1 heterocycles. The zero-order valence-electron chi connectivity index (χ0n) is 13.9. The summed E-state index contributed by atoms with van der Waals surface area (Å²) >= 11 is 2.22. The number of nitrogens with one attached hydrogen (secondary N) is 1. The Bertz CT molecular complexity index is 784. The lowest BCUT2D eigenvalue weighted by Crippen LogP contribution is -2.40. The summed E-state index contributed by atoms with van der Waals surface area (Å²) in [7, 11) is 0. The van der Waals surface area contributed by atoms with E-state index in [1.165, 1.54) is 0 Å². The molecule has 0 spiro atoms. The SMILES string of the molecule is Cc1ccc(C(=O)Nc2ccc(C(=O)N3CCOCC3)cc2)cc1I. The molecule has 0 saturated carbocycles. The van der Waals surface area contributed by atoms with Crippen LogP contribution in [0.1, 0.15) is 26.3 Å². The zero-order valence-corrected chi connectivity index (χ0v) is 16.1. The third-order valence-corrected chi connectivity index (χ3v) is 5.28. The Morgan fingerprint density at radius 3 is 2.32 bits per heavy atom. The molecule has 0 atom stereocenters. The zero-order chi connectivity index (χ0) is 17.8. The molecule has 3 rings (SSSR count). The fraction of sp³-hybridized carbons (Fsp3) is 0.263. The molecule has 0 bridgehead atoms. The Morgan fingerprint density at radius 2 is 1.68 bits per heavy atom. The van der Waals surface area contributed by atoms with Crippen LogP contribution in [0.4, 0.5) is 5.69 Å². The molecule has 1 saturated heterocycles. The topological polar surface area (TPSA) is 58.6 Å². The molecule has 0 aromatic heterocycles. The number of rotatable bonds is 3. The lowest BCUT2D eigenvalue weighted by molar-refractivity contribution is 0.0303. The second-order valence-electron chi connectivity index (χ2n) is 5.90. The number of hydrogen-bond acceptors (Lipinski definition) is 3. The first-order valence-electron chi connectivity index (χ1n) is 8.09. The molecule has 6 heteroatoms. The number of carbonyl (C=O) groups is 2. The van der Waals surface area contributed by atoms with Crippen molar-refractivity contribution in [2.24, 2.45) is 0 Å². The highest BCUT2D eigenvalue weighted by Crippen LogP contribution is 2.17. The Balaban J connectivity index is 1.66. The quantitative estimate of drug-likeness (QED) is 0.731. The third kappa shape index (κ3) is 4.38. The summed E-state index contributed by atoms with van der Waals surface area (Å²) in [6.07, 6.45) is 0. The average molecular weight is 450 g/mol. The molecule has 1 aliphatic heterocycles. The van der Waals surface area contributed by atoms with E-state index in [0.29, 0.717) is 43.1 Å². The van der Waals surface area contributed by atoms with E-state index in [0.717, 1.165) is 9.13 Å². The van der Waals surface area contributed by atoms with Crippen molar-refractivity contribution in [3.05, 3.63) is 62.7 Å². The van der Waals surface area contributed by atoms with E-state index >= 15 is 0 Å². The van der Waals surface area contributed by atoms with Gasteiger partial charge in [-0.1, -0.05) is 6.07 Å². The molecule has 0 radical (unpaired) electrons. The first-order chi connectivity index (χ1) is 12.0. The maximum Gasteiger partial charge on any atom is 0.255 e. The van der Waals surface area contributed by atoms with Crippen LogP contribution in [0, 0.1) is 10.5 Å². The lowest BCUT2D eigenvalue weighted by atomic mass is 10.1. The lowest BCUT2D eigenvalue weighted by Gasteiger charge is -2.26. The highest BCUT2D eigenvalue weighted by atomic mass is 127. The van der Waals surface area contributed by atoms with Crippen LogP contribution in [0.2, 0.25) is 0 Å². The molecule has 0 unspecified atom stereocenters. The van der Waals surface area contributed by atoms with E-state index in [1.54, 1.807) is 29.2 Å². The van der Waals surface area contributed by atoms with E-state index in [9.17, 15) is 9.59 Å². The number of aryl methyl sites for hydroxylation is 1. The van der Waals surface area contributed by atoms with Crippen molar-refractivity contribution in [3.8, 4) is 0 Å². The number of anilines is 1. The summed E-state index contributed by atoms with van der Waals surface area (Å²) in [5.41, 5.74) is 3.04. The van der Waals surface area contributed by atoms with Crippen LogP contribution in [0.5, 0.6) is 0 Å². The van der Waals surface area contributed by atoms with Crippen LogP contribution in [0.25, 0.3) is 0 Å². The normalized spacial score (nSPS) is 14.2. The molecule has 0 aliphatic carbocycles. The third-order valence-electron chi connectivity index (χ3n) is 4.12. The van der Waals surface area contributed by atoms with Gasteiger partial charge in [0.25, 0.3) is 11.8 Å². The number of morpholine rings is 1. The summed E-state index contributed by atoms with van der Waals surface area (Å²) in [4.78, 5) is 26.5. The Kier molecular flexibility index (Phi) is 5.70. The van der Waals surface area contributed by atoms with Gasteiger partial charge in [-0.2, -0.15) is 0 Å². The van der Waals surface area contributed by atoms with Crippen LogP contribution in [-0.4, -0.2) is 43.0 Å². The summed E-state index contributed by atoms with van der Waals surface area (Å²) < 4.78 is 6.32. The molecule has 2 amide bonds. The second-order valence-corrected chi connectivity index (χ2v) is 7.06. The van der Waals surface area contributed by atoms with Gasteiger partial charge in [0, 0.05) is 33.5 Å². The maximum atomic E-state index is 12.4. The standard InChI is InChI=1S/C19H19IN2O3/c1-13-2-3-15(12-17(13)20)18(23)21-16-6-4-14(5-7-16)19(24)22-8-10-25-11-9-22/h2-7,12H,8-11H2,1H3,(H,21,23). The van der Waals surface area contributed by atoms with Crippen molar-refractivity contribution in [1.29, 1.82) is 0 Å². The predicted octanol–water partition coefficient (Wildman–Crippen LogP) is 3.32. The monoisotopic (exact) mass is 450 g/mol. The minimum Gasteiger partial charge on any atom is -0.378 e. The van der Waals surface area contributed by atoms with Crippen molar-refractivity contribution in [1.82, 2.24) is 4.90 Å². The summed E-state index contributed by atoms with van der Waals surface area (Å²) in [6, 6.07) is 12.6. The fourth-order valence-electron chi connectivity index (χ4n) is 2.58.